The highest BCUT2D eigenvalue weighted by molar-refractivity contribution is 6.44. The van der Waals surface area contributed by atoms with Gasteiger partial charge < -0.3 is 14.8 Å². The SMILES string of the molecule is COc1cc(/C=C(/C#N)C(=O)Nc2cccc(Cl)c2Cl)cc(Cl)c1OCc1ccc(Cl)cc1. The zero-order chi connectivity index (χ0) is 24.0. The van der Waals surface area contributed by atoms with Gasteiger partial charge in [-0.2, -0.15) is 5.26 Å². The van der Waals surface area contributed by atoms with Crippen LogP contribution in [-0.4, -0.2) is 13.0 Å². The summed E-state index contributed by atoms with van der Waals surface area (Å²) in [5.41, 5.74) is 1.49. The molecule has 0 saturated heterocycles. The van der Waals surface area contributed by atoms with Crippen molar-refractivity contribution in [2.75, 3.05) is 12.4 Å². The maximum absolute atomic E-state index is 12.6. The summed E-state index contributed by atoms with van der Waals surface area (Å²) in [6.07, 6.45) is 1.38. The van der Waals surface area contributed by atoms with Gasteiger partial charge in [-0.1, -0.05) is 64.6 Å². The number of amides is 1. The highest BCUT2D eigenvalue weighted by Crippen LogP contribution is 2.38. The third-order valence-electron chi connectivity index (χ3n) is 4.42. The highest BCUT2D eigenvalue weighted by Gasteiger charge is 2.16. The molecular formula is C24H16Cl4N2O3. The molecule has 0 bridgehead atoms. The molecule has 168 valence electrons. The van der Waals surface area contributed by atoms with Crippen molar-refractivity contribution in [2.45, 2.75) is 6.61 Å². The summed E-state index contributed by atoms with van der Waals surface area (Å²) in [6, 6.07) is 17.0. The number of benzene rings is 3. The molecule has 9 heteroatoms. The van der Waals surface area contributed by atoms with Gasteiger partial charge in [0.1, 0.15) is 18.2 Å². The minimum absolute atomic E-state index is 0.168. The number of carbonyl (C=O) groups is 1. The maximum Gasteiger partial charge on any atom is 0.266 e. The fourth-order valence-electron chi connectivity index (χ4n) is 2.80. The first kappa shape index (κ1) is 24.8. The highest BCUT2D eigenvalue weighted by atomic mass is 35.5. The molecule has 0 aliphatic heterocycles. The topological polar surface area (TPSA) is 71.3 Å². The molecular weight excluding hydrogens is 506 g/mol. The summed E-state index contributed by atoms with van der Waals surface area (Å²) in [5, 5.41) is 13.4. The van der Waals surface area contributed by atoms with Gasteiger partial charge in [-0.3, -0.25) is 4.79 Å². The van der Waals surface area contributed by atoms with Crippen molar-refractivity contribution in [3.8, 4) is 17.6 Å². The standard InChI is InChI=1S/C24H16Cl4N2O3/c1-32-21-11-15(10-19(27)23(21)33-13-14-5-7-17(25)8-6-14)9-16(12-29)24(31)30-20-4-2-3-18(26)22(20)28/h2-11H,13H2,1H3,(H,30,31)/b16-9-. The molecule has 5 nitrogen and oxygen atoms in total. The van der Waals surface area contributed by atoms with Crippen LogP contribution in [0.4, 0.5) is 5.69 Å². The second-order valence-corrected chi connectivity index (χ2v) is 8.30. The Kier molecular flexibility index (Phi) is 8.49. The lowest BCUT2D eigenvalue weighted by Crippen LogP contribution is -2.13. The second-order valence-electron chi connectivity index (χ2n) is 6.67. The Labute approximate surface area is 211 Å². The van der Waals surface area contributed by atoms with Crippen molar-refractivity contribution in [3.05, 3.63) is 91.4 Å². The molecule has 0 aromatic heterocycles. The zero-order valence-electron chi connectivity index (χ0n) is 17.2. The minimum Gasteiger partial charge on any atom is -0.493 e. The van der Waals surface area contributed by atoms with Crippen LogP contribution in [0.3, 0.4) is 0 Å². The number of anilines is 1. The Hall–Kier alpha value is -2.88. The van der Waals surface area contributed by atoms with E-state index in [1.165, 1.54) is 13.2 Å². The maximum atomic E-state index is 12.6. The lowest BCUT2D eigenvalue weighted by Gasteiger charge is -2.14. The molecule has 0 aliphatic rings. The summed E-state index contributed by atoms with van der Waals surface area (Å²) in [7, 11) is 1.47. The van der Waals surface area contributed by atoms with E-state index in [1.807, 2.05) is 18.2 Å². The van der Waals surface area contributed by atoms with E-state index in [4.69, 9.17) is 55.9 Å². The molecule has 3 aromatic rings. The van der Waals surface area contributed by atoms with Crippen LogP contribution in [0.25, 0.3) is 6.08 Å². The van der Waals surface area contributed by atoms with Crippen LogP contribution < -0.4 is 14.8 Å². The molecule has 0 unspecified atom stereocenters. The molecule has 1 amide bonds. The largest absolute Gasteiger partial charge is 0.493 e. The third kappa shape index (κ3) is 6.34. The second kappa shape index (κ2) is 11.3. The van der Waals surface area contributed by atoms with Gasteiger partial charge in [0.2, 0.25) is 0 Å². The van der Waals surface area contributed by atoms with E-state index >= 15 is 0 Å². The van der Waals surface area contributed by atoms with Gasteiger partial charge >= 0.3 is 0 Å². The molecule has 1 N–H and O–H groups in total. The number of nitrogens with one attached hydrogen (secondary N) is 1. The lowest BCUT2D eigenvalue weighted by atomic mass is 10.1. The molecule has 0 fully saturated rings. The van der Waals surface area contributed by atoms with Crippen molar-refractivity contribution in [3.63, 3.8) is 0 Å². The normalized spacial score (nSPS) is 11.0. The summed E-state index contributed by atoms with van der Waals surface area (Å²) in [5.74, 6) is 0.0260. The van der Waals surface area contributed by atoms with Crippen molar-refractivity contribution < 1.29 is 14.3 Å². The van der Waals surface area contributed by atoms with Gasteiger partial charge in [0.05, 0.1) is 27.9 Å². The molecule has 0 aliphatic carbocycles. The van der Waals surface area contributed by atoms with Crippen LogP contribution in [0.15, 0.2) is 60.2 Å². The van der Waals surface area contributed by atoms with Crippen LogP contribution in [-0.2, 0) is 11.4 Å². The Morgan fingerprint density at radius 3 is 2.45 bits per heavy atom. The zero-order valence-corrected chi connectivity index (χ0v) is 20.2. The quantitative estimate of drug-likeness (QED) is 0.259. The third-order valence-corrected chi connectivity index (χ3v) is 5.78. The van der Waals surface area contributed by atoms with Crippen molar-refractivity contribution in [2.24, 2.45) is 0 Å². The number of nitriles is 1. The molecule has 3 aromatic carbocycles. The van der Waals surface area contributed by atoms with Gasteiger partial charge in [-0.05, 0) is 53.6 Å². The predicted octanol–water partition coefficient (Wildman–Crippen LogP) is 7.43. The molecule has 3 rings (SSSR count). The summed E-state index contributed by atoms with van der Waals surface area (Å²) >= 11 is 24.4. The average Bonchev–Trinajstić information content (AvgIpc) is 2.80. The minimum atomic E-state index is -0.653. The predicted molar refractivity (Wildman–Crippen MR) is 132 cm³/mol. The van der Waals surface area contributed by atoms with Gasteiger partial charge in [-0.15, -0.1) is 0 Å². The van der Waals surface area contributed by atoms with E-state index in [2.05, 4.69) is 5.32 Å². The summed E-state index contributed by atoms with van der Waals surface area (Å²) in [6.45, 7) is 0.245. The Balaban J connectivity index is 1.83. The van der Waals surface area contributed by atoms with Gasteiger partial charge in [0.15, 0.2) is 11.5 Å². The van der Waals surface area contributed by atoms with Crippen LogP contribution in [0.2, 0.25) is 20.1 Å². The smallest absolute Gasteiger partial charge is 0.266 e. The van der Waals surface area contributed by atoms with Crippen molar-refractivity contribution >= 4 is 64.1 Å². The molecule has 0 atom stereocenters. The van der Waals surface area contributed by atoms with Gasteiger partial charge in [0, 0.05) is 5.02 Å². The van der Waals surface area contributed by atoms with E-state index < -0.39 is 5.91 Å². The first-order chi connectivity index (χ1) is 15.8. The van der Waals surface area contributed by atoms with Crippen LogP contribution in [0.1, 0.15) is 11.1 Å². The fourth-order valence-corrected chi connectivity index (χ4v) is 3.55. The Morgan fingerprint density at radius 1 is 1.06 bits per heavy atom. The van der Waals surface area contributed by atoms with E-state index in [0.717, 1.165) is 5.56 Å². The van der Waals surface area contributed by atoms with Crippen molar-refractivity contribution in [1.29, 1.82) is 5.26 Å². The van der Waals surface area contributed by atoms with Crippen LogP contribution >= 0.6 is 46.4 Å². The van der Waals surface area contributed by atoms with E-state index in [-0.39, 0.29) is 32.9 Å². The van der Waals surface area contributed by atoms with E-state index in [1.54, 1.807) is 42.5 Å². The van der Waals surface area contributed by atoms with Crippen molar-refractivity contribution in [1.82, 2.24) is 0 Å². The van der Waals surface area contributed by atoms with Gasteiger partial charge in [-0.25, -0.2) is 0 Å². The number of rotatable bonds is 7. The van der Waals surface area contributed by atoms with Crippen LogP contribution in [0, 0.1) is 11.3 Å². The van der Waals surface area contributed by atoms with E-state index in [9.17, 15) is 10.1 Å². The number of hydrogen-bond donors (Lipinski definition) is 1. The Morgan fingerprint density at radius 2 is 1.79 bits per heavy atom. The number of carbonyl (C=O) groups excluding carboxylic acids is 1. The lowest BCUT2D eigenvalue weighted by molar-refractivity contribution is -0.112. The number of methoxy groups -OCH3 is 1. The molecule has 0 heterocycles. The molecule has 0 saturated carbocycles. The number of hydrogen-bond acceptors (Lipinski definition) is 4. The first-order valence-corrected chi connectivity index (χ1v) is 11.0. The monoisotopic (exact) mass is 520 g/mol. The summed E-state index contributed by atoms with van der Waals surface area (Å²) < 4.78 is 11.2. The number of halogens is 4. The number of ether oxygens (including phenoxy) is 2. The first-order valence-electron chi connectivity index (χ1n) is 9.44. The molecule has 0 spiro atoms. The summed E-state index contributed by atoms with van der Waals surface area (Å²) in [4.78, 5) is 12.6. The average molecular weight is 522 g/mol. The molecule has 0 radical (unpaired) electrons. The number of nitrogens with zero attached hydrogens (tertiary/aromatic N) is 1. The molecule has 33 heavy (non-hydrogen) atoms. The van der Waals surface area contributed by atoms with Gasteiger partial charge in [0.25, 0.3) is 5.91 Å². The Bertz CT molecular complexity index is 1250. The van der Waals surface area contributed by atoms with Crippen LogP contribution in [0.5, 0.6) is 11.5 Å². The fraction of sp³-hybridized carbons (Fsp3) is 0.0833. The van der Waals surface area contributed by atoms with E-state index in [0.29, 0.717) is 22.1 Å².